The van der Waals surface area contributed by atoms with Crippen molar-refractivity contribution in [1.82, 2.24) is 0 Å². The molecule has 3 heteroatoms. The van der Waals surface area contributed by atoms with Gasteiger partial charge >= 0.3 is 5.97 Å². The topological polar surface area (TPSA) is 46.5 Å². The molecule has 106 valence electrons. The Labute approximate surface area is 115 Å². The van der Waals surface area contributed by atoms with Gasteiger partial charge in [-0.2, -0.15) is 0 Å². The molecule has 1 aromatic rings. The molecule has 0 aromatic heterocycles. The minimum Gasteiger partial charge on any atom is -0.469 e. The van der Waals surface area contributed by atoms with Gasteiger partial charge in [-0.1, -0.05) is 45.0 Å². The van der Waals surface area contributed by atoms with E-state index in [-0.39, 0.29) is 11.4 Å². The Balaban J connectivity index is 2.53. The first-order chi connectivity index (χ1) is 8.84. The number of methoxy groups -OCH3 is 1. The Morgan fingerprint density at radius 3 is 2.32 bits per heavy atom. The highest BCUT2D eigenvalue weighted by molar-refractivity contribution is 5.68. The van der Waals surface area contributed by atoms with E-state index in [1.165, 1.54) is 12.7 Å². The minimum absolute atomic E-state index is 0.119. The van der Waals surface area contributed by atoms with Gasteiger partial charge in [-0.05, 0) is 29.4 Å². The molecule has 1 aromatic carbocycles. The van der Waals surface area contributed by atoms with Crippen molar-refractivity contribution in [2.75, 3.05) is 7.11 Å². The largest absolute Gasteiger partial charge is 0.469 e. The number of aliphatic hydroxyl groups excluding tert-OH is 1. The van der Waals surface area contributed by atoms with Gasteiger partial charge in [-0.3, -0.25) is 4.79 Å². The summed E-state index contributed by atoms with van der Waals surface area (Å²) in [6.45, 7) is 6.48. The number of rotatable bonds is 5. The van der Waals surface area contributed by atoms with E-state index in [0.717, 1.165) is 5.56 Å². The second-order valence-electron chi connectivity index (χ2n) is 5.86. The highest BCUT2D eigenvalue weighted by Crippen LogP contribution is 2.25. The third-order valence-corrected chi connectivity index (χ3v) is 3.25. The fourth-order valence-electron chi connectivity index (χ4n) is 1.91. The van der Waals surface area contributed by atoms with Gasteiger partial charge in [-0.25, -0.2) is 0 Å². The maximum absolute atomic E-state index is 11.0. The Kier molecular flexibility index (Phi) is 5.55. The molecule has 0 fully saturated rings. The maximum Gasteiger partial charge on any atom is 0.305 e. The molecule has 0 aliphatic rings. The molecule has 0 amide bonds. The lowest BCUT2D eigenvalue weighted by atomic mass is 9.86. The van der Waals surface area contributed by atoms with Gasteiger partial charge in [0.2, 0.25) is 0 Å². The summed E-state index contributed by atoms with van der Waals surface area (Å²) in [6, 6.07) is 8.03. The van der Waals surface area contributed by atoms with Gasteiger partial charge in [0.25, 0.3) is 0 Å². The molecule has 0 saturated heterocycles. The zero-order valence-electron chi connectivity index (χ0n) is 12.3. The first-order valence-electron chi connectivity index (χ1n) is 6.70. The van der Waals surface area contributed by atoms with Crippen LogP contribution in [0, 0.1) is 0 Å². The number of hydrogen-bond donors (Lipinski definition) is 1. The van der Waals surface area contributed by atoms with E-state index in [0.29, 0.717) is 19.3 Å². The molecule has 1 N–H and O–H groups in total. The molecule has 1 rings (SSSR count). The van der Waals surface area contributed by atoms with Crippen molar-refractivity contribution in [1.29, 1.82) is 0 Å². The monoisotopic (exact) mass is 264 g/mol. The number of carbonyl (C=O) groups is 1. The molecule has 0 saturated carbocycles. The maximum atomic E-state index is 11.0. The molecule has 0 bridgehead atoms. The summed E-state index contributed by atoms with van der Waals surface area (Å²) >= 11 is 0. The molecule has 0 radical (unpaired) electrons. The lowest BCUT2D eigenvalue weighted by Gasteiger charge is -2.20. The van der Waals surface area contributed by atoms with Crippen LogP contribution < -0.4 is 0 Å². The Bertz CT molecular complexity index is 401. The van der Waals surface area contributed by atoms with E-state index < -0.39 is 6.10 Å². The summed E-state index contributed by atoms with van der Waals surface area (Å²) in [5.74, 6) is -0.227. The van der Waals surface area contributed by atoms with Crippen molar-refractivity contribution in [2.45, 2.75) is 51.6 Å². The van der Waals surface area contributed by atoms with Crippen LogP contribution in [0.5, 0.6) is 0 Å². The summed E-state index contributed by atoms with van der Waals surface area (Å²) in [6.07, 6.45) is 1.05. The van der Waals surface area contributed by atoms with Crippen LogP contribution in [0.2, 0.25) is 0 Å². The van der Waals surface area contributed by atoms with Crippen molar-refractivity contribution in [3.05, 3.63) is 35.4 Å². The van der Waals surface area contributed by atoms with E-state index in [9.17, 15) is 9.90 Å². The van der Waals surface area contributed by atoms with E-state index in [4.69, 9.17) is 0 Å². The van der Waals surface area contributed by atoms with Crippen molar-refractivity contribution in [3.63, 3.8) is 0 Å². The summed E-state index contributed by atoms with van der Waals surface area (Å²) < 4.78 is 4.57. The summed E-state index contributed by atoms with van der Waals surface area (Å²) in [5.41, 5.74) is 2.27. The molecular formula is C16H24O3. The number of esters is 1. The Morgan fingerprint density at radius 1 is 1.26 bits per heavy atom. The van der Waals surface area contributed by atoms with Crippen LogP contribution in [0.1, 0.15) is 57.3 Å². The Hall–Kier alpha value is -1.35. The van der Waals surface area contributed by atoms with E-state index in [1.807, 2.05) is 12.1 Å². The van der Waals surface area contributed by atoms with Crippen LogP contribution in [0.3, 0.4) is 0 Å². The van der Waals surface area contributed by atoms with Gasteiger partial charge in [-0.15, -0.1) is 0 Å². The van der Waals surface area contributed by atoms with Crippen LogP contribution in [0.25, 0.3) is 0 Å². The average Bonchev–Trinajstić information content (AvgIpc) is 2.37. The SMILES string of the molecule is COC(=O)CCCC(O)c1ccc(C(C)(C)C)cc1. The lowest BCUT2D eigenvalue weighted by Crippen LogP contribution is -2.11. The number of carbonyl (C=O) groups excluding carboxylic acids is 1. The lowest BCUT2D eigenvalue weighted by molar-refractivity contribution is -0.140. The standard InChI is InChI=1S/C16H24O3/c1-16(2,3)13-10-8-12(9-11-13)14(17)6-5-7-15(18)19-4/h8-11,14,17H,5-7H2,1-4H3. The molecule has 0 aliphatic carbocycles. The average molecular weight is 264 g/mol. The summed E-state index contributed by atoms with van der Waals surface area (Å²) in [5, 5.41) is 10.0. The van der Waals surface area contributed by atoms with Crippen LogP contribution in [0.4, 0.5) is 0 Å². The van der Waals surface area contributed by atoms with Gasteiger partial charge in [0.1, 0.15) is 0 Å². The predicted molar refractivity (Wildman–Crippen MR) is 76.0 cm³/mol. The van der Waals surface area contributed by atoms with Gasteiger partial charge in [0.05, 0.1) is 13.2 Å². The van der Waals surface area contributed by atoms with Crippen molar-refractivity contribution >= 4 is 5.97 Å². The number of aliphatic hydroxyl groups is 1. The summed E-state index contributed by atoms with van der Waals surface area (Å²) in [4.78, 5) is 11.0. The van der Waals surface area contributed by atoms with Crippen molar-refractivity contribution in [3.8, 4) is 0 Å². The van der Waals surface area contributed by atoms with E-state index >= 15 is 0 Å². The minimum atomic E-state index is -0.515. The fourth-order valence-corrected chi connectivity index (χ4v) is 1.91. The third-order valence-electron chi connectivity index (χ3n) is 3.25. The summed E-state index contributed by atoms with van der Waals surface area (Å²) in [7, 11) is 1.38. The molecule has 0 aliphatic heterocycles. The molecule has 1 atom stereocenters. The number of ether oxygens (including phenoxy) is 1. The highest BCUT2D eigenvalue weighted by Gasteiger charge is 2.14. The molecule has 0 spiro atoms. The zero-order valence-corrected chi connectivity index (χ0v) is 12.3. The number of benzene rings is 1. The Morgan fingerprint density at radius 2 is 1.84 bits per heavy atom. The molecule has 0 heterocycles. The van der Waals surface area contributed by atoms with Crippen LogP contribution >= 0.6 is 0 Å². The smallest absolute Gasteiger partial charge is 0.305 e. The van der Waals surface area contributed by atoms with Crippen LogP contribution in [-0.4, -0.2) is 18.2 Å². The quantitative estimate of drug-likeness (QED) is 0.829. The second-order valence-corrected chi connectivity index (χ2v) is 5.86. The van der Waals surface area contributed by atoms with E-state index in [1.54, 1.807) is 0 Å². The first kappa shape index (κ1) is 15.7. The second kappa shape index (κ2) is 6.71. The molecule has 1 unspecified atom stereocenters. The van der Waals surface area contributed by atoms with Crippen LogP contribution in [-0.2, 0) is 14.9 Å². The van der Waals surface area contributed by atoms with Gasteiger partial charge < -0.3 is 9.84 Å². The number of hydrogen-bond acceptors (Lipinski definition) is 3. The van der Waals surface area contributed by atoms with Gasteiger partial charge in [0.15, 0.2) is 0 Å². The highest BCUT2D eigenvalue weighted by atomic mass is 16.5. The first-order valence-corrected chi connectivity index (χ1v) is 6.70. The third kappa shape index (κ3) is 5.03. The van der Waals surface area contributed by atoms with Crippen molar-refractivity contribution < 1.29 is 14.6 Å². The normalized spacial score (nSPS) is 13.1. The van der Waals surface area contributed by atoms with Gasteiger partial charge in [0, 0.05) is 6.42 Å². The fraction of sp³-hybridized carbons (Fsp3) is 0.562. The van der Waals surface area contributed by atoms with Crippen molar-refractivity contribution in [2.24, 2.45) is 0 Å². The van der Waals surface area contributed by atoms with E-state index in [2.05, 4.69) is 37.6 Å². The molecular weight excluding hydrogens is 240 g/mol. The molecule has 19 heavy (non-hydrogen) atoms. The van der Waals surface area contributed by atoms with Crippen LogP contribution in [0.15, 0.2) is 24.3 Å². The molecule has 3 nitrogen and oxygen atoms in total. The zero-order chi connectivity index (χ0) is 14.5. The predicted octanol–water partition coefficient (Wildman–Crippen LogP) is 3.36.